The van der Waals surface area contributed by atoms with Gasteiger partial charge in [-0.05, 0) is 60.5 Å². The maximum atomic E-state index is 6.34. The summed E-state index contributed by atoms with van der Waals surface area (Å²) < 4.78 is 8.50. The number of nitrogens with zero attached hydrogens (tertiary/aromatic N) is 3. The molecule has 0 aliphatic heterocycles. The number of furan rings is 1. The van der Waals surface area contributed by atoms with Crippen LogP contribution in [-0.4, -0.2) is 14.5 Å². The third-order valence-corrected chi connectivity index (χ3v) is 6.14. The number of imidazole rings is 1. The van der Waals surface area contributed by atoms with E-state index in [1.54, 1.807) is 6.08 Å². The van der Waals surface area contributed by atoms with Gasteiger partial charge in [0.15, 0.2) is 5.58 Å². The first-order valence-electron chi connectivity index (χ1n) is 11.1. The summed E-state index contributed by atoms with van der Waals surface area (Å²) in [6.45, 7) is 9.68. The van der Waals surface area contributed by atoms with Crippen LogP contribution >= 0.6 is 0 Å². The number of hydrogen-bond acceptors (Lipinski definition) is 3. The van der Waals surface area contributed by atoms with E-state index in [-0.39, 0.29) is 0 Å². The van der Waals surface area contributed by atoms with Crippen LogP contribution < -0.4 is 0 Å². The molecular weight excluding hydrogens is 418 g/mol. The van der Waals surface area contributed by atoms with Gasteiger partial charge in [0.1, 0.15) is 16.9 Å². The van der Waals surface area contributed by atoms with E-state index in [1.807, 2.05) is 36.5 Å². The largest absolute Gasteiger partial charge is 0.454 e. The van der Waals surface area contributed by atoms with Crippen molar-refractivity contribution in [2.45, 2.75) is 6.92 Å². The van der Waals surface area contributed by atoms with Crippen molar-refractivity contribution >= 4 is 38.7 Å². The second-order valence-electron chi connectivity index (χ2n) is 8.24. The van der Waals surface area contributed by atoms with Crippen molar-refractivity contribution in [3.05, 3.63) is 115 Å². The highest BCUT2D eigenvalue weighted by molar-refractivity contribution is 6.07. The first-order valence-corrected chi connectivity index (χ1v) is 11.1. The molecule has 0 N–H and O–H groups in total. The lowest BCUT2D eigenvalue weighted by Gasteiger charge is -2.11. The third-order valence-electron chi connectivity index (χ3n) is 6.14. The van der Waals surface area contributed by atoms with Crippen molar-refractivity contribution in [3.63, 3.8) is 0 Å². The van der Waals surface area contributed by atoms with Crippen LogP contribution in [0.25, 0.3) is 55.8 Å². The molecule has 162 valence electrons. The molecule has 6 aromatic rings. The summed E-state index contributed by atoms with van der Waals surface area (Å²) in [5, 5.41) is 1.00. The summed E-state index contributed by atoms with van der Waals surface area (Å²) in [7, 11) is 0. The Balaban J connectivity index is 1.63. The van der Waals surface area contributed by atoms with E-state index in [0.717, 1.165) is 66.9 Å². The van der Waals surface area contributed by atoms with E-state index in [2.05, 4.69) is 77.8 Å². The molecule has 0 amide bonds. The normalized spacial score (nSPS) is 11.2. The quantitative estimate of drug-likeness (QED) is 0.209. The molecule has 34 heavy (non-hydrogen) atoms. The van der Waals surface area contributed by atoms with Gasteiger partial charge in [-0.15, -0.1) is 5.73 Å². The van der Waals surface area contributed by atoms with Crippen LogP contribution in [0.5, 0.6) is 0 Å². The fourth-order valence-corrected chi connectivity index (χ4v) is 4.49. The monoisotopic (exact) mass is 439 g/mol. The Labute approximate surface area is 196 Å². The molecule has 3 aromatic heterocycles. The molecule has 6 rings (SSSR count). The molecule has 0 fully saturated rings. The predicted molar refractivity (Wildman–Crippen MR) is 139 cm³/mol. The summed E-state index contributed by atoms with van der Waals surface area (Å²) in [6.07, 6.45) is 3.58. The Morgan fingerprint density at radius 1 is 1.03 bits per heavy atom. The standard InChI is InChI=1S/C30H21N3O/c1-4-20(5-2)21-11-13-22(14-12-21)33-26-9-7-6-8-25(26)32-30(33)24-16-17-31-28-23-15-10-19(3)18-27(23)34-29(24)28/h4,6-18H,1-2H2,3H3. The maximum absolute atomic E-state index is 6.34. The molecule has 4 nitrogen and oxygen atoms in total. The van der Waals surface area contributed by atoms with Gasteiger partial charge in [-0.2, -0.15) is 0 Å². The molecular formula is C30H21N3O. The summed E-state index contributed by atoms with van der Waals surface area (Å²) in [5.74, 6) is 0.806. The van der Waals surface area contributed by atoms with Gasteiger partial charge in [-0.25, -0.2) is 4.98 Å². The van der Waals surface area contributed by atoms with E-state index in [9.17, 15) is 0 Å². The van der Waals surface area contributed by atoms with Crippen molar-refractivity contribution in [1.29, 1.82) is 0 Å². The fraction of sp³-hybridized carbons (Fsp3) is 0.0333. The van der Waals surface area contributed by atoms with Crippen LogP contribution in [0.1, 0.15) is 11.1 Å². The van der Waals surface area contributed by atoms with Crippen molar-refractivity contribution in [2.24, 2.45) is 0 Å². The van der Waals surface area contributed by atoms with Crippen molar-refractivity contribution in [1.82, 2.24) is 14.5 Å². The SMILES string of the molecule is C=C=C(C=C)c1ccc(-n2c(-c3ccnc4c3oc3cc(C)ccc34)nc3ccccc32)cc1. The lowest BCUT2D eigenvalue weighted by atomic mass is 10.1. The minimum Gasteiger partial charge on any atom is -0.454 e. The Morgan fingerprint density at radius 3 is 2.65 bits per heavy atom. The highest BCUT2D eigenvalue weighted by Gasteiger charge is 2.20. The predicted octanol–water partition coefficient (Wildman–Crippen LogP) is 7.65. The first kappa shape index (κ1) is 20.0. The second-order valence-corrected chi connectivity index (χ2v) is 8.24. The smallest absolute Gasteiger partial charge is 0.164 e. The van der Waals surface area contributed by atoms with Crippen LogP contribution in [0.3, 0.4) is 0 Å². The number of para-hydroxylation sites is 2. The molecule has 0 saturated heterocycles. The van der Waals surface area contributed by atoms with Crippen molar-refractivity contribution < 1.29 is 4.42 Å². The average Bonchev–Trinajstić information content (AvgIpc) is 3.43. The van der Waals surface area contributed by atoms with Gasteiger partial charge >= 0.3 is 0 Å². The third kappa shape index (κ3) is 3.01. The van der Waals surface area contributed by atoms with Crippen molar-refractivity contribution in [3.8, 4) is 17.1 Å². The zero-order valence-electron chi connectivity index (χ0n) is 18.7. The molecule has 0 unspecified atom stereocenters. The van der Waals surface area contributed by atoms with Gasteiger partial charge in [0.05, 0.1) is 16.6 Å². The lowest BCUT2D eigenvalue weighted by Crippen LogP contribution is -1.98. The molecule has 0 radical (unpaired) electrons. The number of aryl methyl sites for hydroxylation is 1. The summed E-state index contributed by atoms with van der Waals surface area (Å²) in [4.78, 5) is 9.65. The van der Waals surface area contributed by atoms with Crippen LogP contribution in [0.2, 0.25) is 0 Å². The minimum absolute atomic E-state index is 0.736. The number of pyridine rings is 1. The maximum Gasteiger partial charge on any atom is 0.164 e. The van der Waals surface area contributed by atoms with Gasteiger partial charge in [-0.1, -0.05) is 49.6 Å². The topological polar surface area (TPSA) is 43.9 Å². The number of aromatic nitrogens is 3. The van der Waals surface area contributed by atoms with E-state index < -0.39 is 0 Å². The lowest BCUT2D eigenvalue weighted by molar-refractivity contribution is 0.668. The van der Waals surface area contributed by atoms with Gasteiger partial charge in [0.25, 0.3) is 0 Å². The molecule has 0 bridgehead atoms. The van der Waals surface area contributed by atoms with Crippen LogP contribution in [-0.2, 0) is 0 Å². The molecule has 0 spiro atoms. The van der Waals surface area contributed by atoms with E-state index in [4.69, 9.17) is 9.40 Å². The average molecular weight is 440 g/mol. The van der Waals surface area contributed by atoms with Gasteiger partial charge in [0, 0.05) is 22.8 Å². The summed E-state index contributed by atoms with van der Waals surface area (Å²) >= 11 is 0. The molecule has 3 heterocycles. The first-order chi connectivity index (χ1) is 16.7. The Kier molecular flexibility index (Phi) is 4.54. The number of hydrogen-bond donors (Lipinski definition) is 0. The summed E-state index contributed by atoms with van der Waals surface area (Å²) in [6, 6.07) is 24.6. The van der Waals surface area contributed by atoms with Crippen molar-refractivity contribution in [2.75, 3.05) is 0 Å². The zero-order chi connectivity index (χ0) is 23.2. The molecule has 3 aromatic carbocycles. The Bertz CT molecular complexity index is 1780. The van der Waals surface area contributed by atoms with Gasteiger partial charge < -0.3 is 4.42 Å². The number of fused-ring (bicyclic) bond motifs is 4. The molecule has 0 aliphatic rings. The number of benzene rings is 3. The van der Waals surface area contributed by atoms with Gasteiger partial charge in [0.2, 0.25) is 0 Å². The van der Waals surface area contributed by atoms with Crippen LogP contribution in [0, 0.1) is 6.92 Å². The Morgan fingerprint density at radius 2 is 1.85 bits per heavy atom. The van der Waals surface area contributed by atoms with E-state index in [1.165, 1.54) is 0 Å². The van der Waals surface area contributed by atoms with E-state index in [0.29, 0.717) is 0 Å². The van der Waals surface area contributed by atoms with Crippen LogP contribution in [0.15, 0.2) is 108 Å². The number of allylic oxidation sites excluding steroid dienone is 2. The second kappa shape index (κ2) is 7.73. The van der Waals surface area contributed by atoms with Gasteiger partial charge in [-0.3, -0.25) is 9.55 Å². The Hall–Kier alpha value is -4.66. The number of rotatable bonds is 4. The molecule has 4 heteroatoms. The highest BCUT2D eigenvalue weighted by atomic mass is 16.3. The summed E-state index contributed by atoms with van der Waals surface area (Å²) in [5.41, 5.74) is 12.2. The van der Waals surface area contributed by atoms with Crippen LogP contribution in [0.4, 0.5) is 0 Å². The molecule has 0 saturated carbocycles. The highest BCUT2D eigenvalue weighted by Crippen LogP contribution is 2.37. The molecule has 0 atom stereocenters. The van der Waals surface area contributed by atoms with E-state index >= 15 is 0 Å². The fourth-order valence-electron chi connectivity index (χ4n) is 4.49. The zero-order valence-corrected chi connectivity index (χ0v) is 18.7. The molecule has 0 aliphatic carbocycles. The minimum atomic E-state index is 0.736.